The van der Waals surface area contributed by atoms with Crippen molar-refractivity contribution >= 4 is 21.6 Å². The van der Waals surface area contributed by atoms with E-state index in [0.717, 1.165) is 19.3 Å². The Bertz CT molecular complexity index is 271. The van der Waals surface area contributed by atoms with E-state index in [2.05, 4.69) is 6.92 Å². The van der Waals surface area contributed by atoms with Crippen molar-refractivity contribution in [2.24, 2.45) is 5.92 Å². The minimum atomic E-state index is -3.03. The first-order chi connectivity index (χ1) is 7.10. The van der Waals surface area contributed by atoms with Crippen molar-refractivity contribution in [1.29, 1.82) is 0 Å². The van der Waals surface area contributed by atoms with Crippen molar-refractivity contribution in [2.45, 2.75) is 32.6 Å². The fraction of sp³-hybridized carbons (Fsp3) is 1.00. The minimum Gasteiger partial charge on any atom is -0.212 e. The molecule has 0 aromatic rings. The number of nitrogens with zero attached hydrogens (tertiary/aromatic N) is 1. The number of rotatable bonds is 5. The molecule has 0 aromatic carbocycles. The van der Waals surface area contributed by atoms with Crippen molar-refractivity contribution in [2.75, 3.05) is 24.7 Å². The summed E-state index contributed by atoms with van der Waals surface area (Å²) in [7, 11) is -3.03. The van der Waals surface area contributed by atoms with Crippen molar-refractivity contribution in [3.8, 4) is 0 Å². The van der Waals surface area contributed by atoms with E-state index in [4.69, 9.17) is 11.6 Å². The number of piperidine rings is 1. The van der Waals surface area contributed by atoms with Gasteiger partial charge in [0.1, 0.15) is 0 Å². The van der Waals surface area contributed by atoms with E-state index in [-0.39, 0.29) is 5.75 Å². The normalized spacial score (nSPS) is 20.7. The van der Waals surface area contributed by atoms with Crippen LogP contribution in [0.15, 0.2) is 0 Å². The Morgan fingerprint density at radius 1 is 1.33 bits per heavy atom. The Hall–Kier alpha value is 0.200. The standard InChI is InChI=1S/C10H20ClNO2S/c1-2-10-4-7-12(8-5-10)15(13,14)9-3-6-11/h10H,2-9H2,1H3. The molecule has 0 saturated carbocycles. The summed E-state index contributed by atoms with van der Waals surface area (Å²) in [4.78, 5) is 0. The molecule has 0 spiro atoms. The number of hydrogen-bond donors (Lipinski definition) is 0. The van der Waals surface area contributed by atoms with Crippen molar-refractivity contribution in [1.82, 2.24) is 4.31 Å². The van der Waals surface area contributed by atoms with Crippen LogP contribution in [0.3, 0.4) is 0 Å². The Labute approximate surface area is 97.8 Å². The molecule has 5 heteroatoms. The van der Waals surface area contributed by atoms with Gasteiger partial charge in [-0.2, -0.15) is 0 Å². The van der Waals surface area contributed by atoms with E-state index in [1.165, 1.54) is 0 Å². The Morgan fingerprint density at radius 3 is 2.40 bits per heavy atom. The van der Waals surface area contributed by atoms with Crippen molar-refractivity contribution in [3.05, 3.63) is 0 Å². The summed E-state index contributed by atoms with van der Waals surface area (Å²) in [6, 6.07) is 0. The maximum atomic E-state index is 11.8. The van der Waals surface area contributed by atoms with E-state index < -0.39 is 10.0 Å². The second-order valence-electron chi connectivity index (χ2n) is 4.11. The Balaban J connectivity index is 2.45. The van der Waals surface area contributed by atoms with Crippen LogP contribution >= 0.6 is 11.6 Å². The minimum absolute atomic E-state index is 0.202. The molecule has 0 N–H and O–H groups in total. The third-order valence-electron chi connectivity index (χ3n) is 3.08. The van der Waals surface area contributed by atoms with E-state index in [1.807, 2.05) is 0 Å². The highest BCUT2D eigenvalue weighted by atomic mass is 35.5. The molecule has 1 rings (SSSR count). The summed E-state index contributed by atoms with van der Waals surface area (Å²) in [5.41, 5.74) is 0. The zero-order valence-electron chi connectivity index (χ0n) is 9.28. The molecule has 0 radical (unpaired) electrons. The number of sulfonamides is 1. The topological polar surface area (TPSA) is 37.4 Å². The summed E-state index contributed by atoms with van der Waals surface area (Å²) >= 11 is 5.51. The maximum absolute atomic E-state index is 11.8. The van der Waals surface area contributed by atoms with Gasteiger partial charge in [0.15, 0.2) is 0 Å². The molecular weight excluding hydrogens is 234 g/mol. The van der Waals surface area contributed by atoms with Gasteiger partial charge >= 0.3 is 0 Å². The summed E-state index contributed by atoms with van der Waals surface area (Å²) in [5.74, 6) is 1.34. The Kier molecular flexibility index (Phi) is 5.36. The maximum Gasteiger partial charge on any atom is 0.214 e. The average molecular weight is 254 g/mol. The van der Waals surface area contributed by atoms with E-state index in [0.29, 0.717) is 31.3 Å². The van der Waals surface area contributed by atoms with Gasteiger partial charge in [-0.15, -0.1) is 11.6 Å². The molecule has 1 aliphatic heterocycles. The first kappa shape index (κ1) is 13.3. The first-order valence-corrected chi connectivity index (χ1v) is 7.78. The zero-order chi connectivity index (χ0) is 11.3. The molecule has 1 fully saturated rings. The monoisotopic (exact) mass is 253 g/mol. The van der Waals surface area contributed by atoms with Gasteiger partial charge < -0.3 is 0 Å². The van der Waals surface area contributed by atoms with Gasteiger partial charge in [0, 0.05) is 19.0 Å². The lowest BCUT2D eigenvalue weighted by Crippen LogP contribution is -2.39. The van der Waals surface area contributed by atoms with Crippen LogP contribution < -0.4 is 0 Å². The number of hydrogen-bond acceptors (Lipinski definition) is 2. The molecular formula is C10H20ClNO2S. The lowest BCUT2D eigenvalue weighted by molar-refractivity contribution is 0.269. The SMILES string of the molecule is CCC1CCN(S(=O)(=O)CCCCl)CC1. The van der Waals surface area contributed by atoms with E-state index in [1.54, 1.807) is 4.31 Å². The van der Waals surface area contributed by atoms with Crippen molar-refractivity contribution in [3.63, 3.8) is 0 Å². The smallest absolute Gasteiger partial charge is 0.212 e. The summed E-state index contributed by atoms with van der Waals surface area (Å²) in [6.45, 7) is 3.56. The van der Waals surface area contributed by atoms with Gasteiger partial charge in [-0.3, -0.25) is 0 Å². The lowest BCUT2D eigenvalue weighted by atomic mass is 9.96. The third-order valence-corrected chi connectivity index (χ3v) is 5.30. The second kappa shape index (κ2) is 6.06. The molecule has 0 aromatic heterocycles. The molecule has 0 aliphatic carbocycles. The van der Waals surface area contributed by atoms with Crippen LogP contribution in [-0.4, -0.2) is 37.4 Å². The van der Waals surface area contributed by atoms with Gasteiger partial charge in [0.2, 0.25) is 10.0 Å². The zero-order valence-corrected chi connectivity index (χ0v) is 10.9. The predicted octanol–water partition coefficient (Wildman–Crippen LogP) is 2.07. The molecule has 15 heavy (non-hydrogen) atoms. The molecule has 1 saturated heterocycles. The van der Waals surface area contributed by atoms with Crippen LogP contribution in [0.25, 0.3) is 0 Å². The summed E-state index contributed by atoms with van der Waals surface area (Å²) in [6.07, 6.45) is 3.74. The molecule has 0 atom stereocenters. The highest BCUT2D eigenvalue weighted by molar-refractivity contribution is 7.89. The third kappa shape index (κ3) is 3.93. The fourth-order valence-corrected chi connectivity index (χ4v) is 3.79. The van der Waals surface area contributed by atoms with Crippen molar-refractivity contribution < 1.29 is 8.42 Å². The number of halogens is 1. The van der Waals surface area contributed by atoms with Gasteiger partial charge in [-0.05, 0) is 25.2 Å². The van der Waals surface area contributed by atoms with E-state index in [9.17, 15) is 8.42 Å². The highest BCUT2D eigenvalue weighted by Gasteiger charge is 2.26. The second-order valence-corrected chi connectivity index (χ2v) is 6.58. The molecule has 0 bridgehead atoms. The van der Waals surface area contributed by atoms with Crippen LogP contribution in [0.2, 0.25) is 0 Å². The number of alkyl halides is 1. The van der Waals surface area contributed by atoms with Crippen LogP contribution in [-0.2, 0) is 10.0 Å². The first-order valence-electron chi connectivity index (χ1n) is 5.64. The largest absolute Gasteiger partial charge is 0.214 e. The van der Waals surface area contributed by atoms with Gasteiger partial charge in [-0.1, -0.05) is 13.3 Å². The Morgan fingerprint density at radius 2 is 1.93 bits per heavy atom. The quantitative estimate of drug-likeness (QED) is 0.704. The molecule has 0 unspecified atom stereocenters. The fourth-order valence-electron chi connectivity index (χ4n) is 1.96. The van der Waals surface area contributed by atoms with Gasteiger partial charge in [0.25, 0.3) is 0 Å². The van der Waals surface area contributed by atoms with Gasteiger partial charge in [0.05, 0.1) is 5.75 Å². The molecule has 0 amide bonds. The van der Waals surface area contributed by atoms with Crippen LogP contribution in [0.4, 0.5) is 0 Å². The van der Waals surface area contributed by atoms with Crippen LogP contribution in [0.1, 0.15) is 32.6 Å². The molecule has 1 aliphatic rings. The van der Waals surface area contributed by atoms with Crippen LogP contribution in [0, 0.1) is 5.92 Å². The summed E-state index contributed by atoms with van der Waals surface area (Å²) < 4.78 is 25.2. The molecule has 90 valence electrons. The van der Waals surface area contributed by atoms with E-state index >= 15 is 0 Å². The van der Waals surface area contributed by atoms with Crippen LogP contribution in [0.5, 0.6) is 0 Å². The van der Waals surface area contributed by atoms with Gasteiger partial charge in [-0.25, -0.2) is 12.7 Å². The summed E-state index contributed by atoms with van der Waals surface area (Å²) in [5, 5.41) is 0. The predicted molar refractivity (Wildman–Crippen MR) is 63.7 cm³/mol. The molecule has 1 heterocycles. The lowest BCUT2D eigenvalue weighted by Gasteiger charge is -2.30. The average Bonchev–Trinajstić information content (AvgIpc) is 2.26. The molecule has 3 nitrogen and oxygen atoms in total. The highest BCUT2D eigenvalue weighted by Crippen LogP contribution is 2.22.